The van der Waals surface area contributed by atoms with Gasteiger partial charge in [-0.25, -0.2) is 4.39 Å². The lowest BCUT2D eigenvalue weighted by molar-refractivity contribution is -0.123. The Hall–Kier alpha value is -1.95. The number of nitrogens with zero attached hydrogens (tertiary/aromatic N) is 1. The van der Waals surface area contributed by atoms with E-state index in [1.807, 2.05) is 0 Å². The van der Waals surface area contributed by atoms with Crippen molar-refractivity contribution in [2.75, 3.05) is 13.1 Å². The molecule has 6 heteroatoms. The van der Waals surface area contributed by atoms with E-state index in [4.69, 9.17) is 0 Å². The van der Waals surface area contributed by atoms with Crippen molar-refractivity contribution in [2.24, 2.45) is 5.92 Å². The summed E-state index contributed by atoms with van der Waals surface area (Å²) < 4.78 is 14.1. The number of carbonyl (C=O) groups is 2. The third kappa shape index (κ3) is 4.97. The number of rotatable bonds is 8. The Balaban J connectivity index is 1.34. The van der Waals surface area contributed by atoms with Gasteiger partial charge in [-0.1, -0.05) is 12.1 Å². The van der Waals surface area contributed by atoms with Crippen LogP contribution >= 0.6 is 0 Å². The summed E-state index contributed by atoms with van der Waals surface area (Å²) in [4.78, 5) is 27.4. The number of hydrogen-bond donors (Lipinski definition) is 2. The Morgan fingerprint density at radius 3 is 2.52 bits per heavy atom. The van der Waals surface area contributed by atoms with Crippen LogP contribution in [0.2, 0.25) is 0 Å². The summed E-state index contributed by atoms with van der Waals surface area (Å²) in [5.74, 6) is 0.0527. The number of benzene rings is 1. The Morgan fingerprint density at radius 2 is 1.86 bits per heavy atom. The predicted octanol–water partition coefficient (Wildman–Crippen LogP) is 3.17. The van der Waals surface area contributed by atoms with Crippen molar-refractivity contribution in [3.63, 3.8) is 0 Å². The molecule has 1 saturated heterocycles. The summed E-state index contributed by atoms with van der Waals surface area (Å²) in [5, 5.41) is 6.10. The second-order valence-electron chi connectivity index (χ2n) is 9.07. The van der Waals surface area contributed by atoms with Crippen LogP contribution in [0.25, 0.3) is 0 Å². The van der Waals surface area contributed by atoms with Gasteiger partial charge in [0.25, 0.3) is 5.91 Å². The molecule has 0 aromatic heterocycles. The molecular weight excluding hydrogens is 369 g/mol. The maximum absolute atomic E-state index is 14.1. The van der Waals surface area contributed by atoms with Crippen molar-refractivity contribution in [3.05, 3.63) is 35.1 Å². The number of aryl methyl sites for hydroxylation is 1. The lowest BCUT2D eigenvalue weighted by Gasteiger charge is -2.32. The minimum Gasteiger partial charge on any atom is -0.353 e. The molecule has 3 aliphatic rings. The van der Waals surface area contributed by atoms with E-state index in [2.05, 4.69) is 15.5 Å². The average Bonchev–Trinajstić information content (AvgIpc) is 3.39. The van der Waals surface area contributed by atoms with Crippen molar-refractivity contribution in [1.29, 1.82) is 0 Å². The number of hydrogen-bond acceptors (Lipinski definition) is 3. The van der Waals surface area contributed by atoms with Gasteiger partial charge in [-0.05, 0) is 69.4 Å². The minimum atomic E-state index is -0.477. The third-order valence-electron chi connectivity index (χ3n) is 6.78. The number of halogens is 1. The van der Waals surface area contributed by atoms with Gasteiger partial charge in [0, 0.05) is 37.6 Å². The summed E-state index contributed by atoms with van der Waals surface area (Å²) in [6, 6.07) is 5.53. The fourth-order valence-corrected chi connectivity index (χ4v) is 4.62. The van der Waals surface area contributed by atoms with Gasteiger partial charge in [0.15, 0.2) is 0 Å². The van der Waals surface area contributed by atoms with Crippen molar-refractivity contribution < 1.29 is 14.0 Å². The summed E-state index contributed by atoms with van der Waals surface area (Å²) >= 11 is 0. The molecule has 0 spiro atoms. The van der Waals surface area contributed by atoms with E-state index in [0.29, 0.717) is 24.6 Å². The van der Waals surface area contributed by atoms with Gasteiger partial charge in [0.2, 0.25) is 5.91 Å². The van der Waals surface area contributed by atoms with Crippen molar-refractivity contribution in [1.82, 2.24) is 15.5 Å². The normalized spacial score (nSPS) is 24.9. The molecule has 2 N–H and O–H groups in total. The van der Waals surface area contributed by atoms with E-state index >= 15 is 0 Å². The first kappa shape index (κ1) is 20.3. The van der Waals surface area contributed by atoms with Crippen molar-refractivity contribution in [3.8, 4) is 0 Å². The van der Waals surface area contributed by atoms with E-state index in [1.54, 1.807) is 19.1 Å². The molecule has 2 aliphatic carbocycles. The third-order valence-corrected chi connectivity index (χ3v) is 6.78. The fraction of sp³-hybridized carbons (Fsp3) is 0.652. The fourth-order valence-electron chi connectivity index (χ4n) is 4.62. The van der Waals surface area contributed by atoms with Crippen LogP contribution in [0.15, 0.2) is 18.2 Å². The maximum Gasteiger partial charge on any atom is 0.254 e. The topological polar surface area (TPSA) is 61.4 Å². The van der Waals surface area contributed by atoms with Gasteiger partial charge in [0.05, 0.1) is 5.56 Å². The summed E-state index contributed by atoms with van der Waals surface area (Å²) in [6.07, 6.45) is 8.41. The number of carbonyl (C=O) groups excluding carboxylic acids is 2. The Morgan fingerprint density at radius 1 is 1.10 bits per heavy atom. The Kier molecular flexibility index (Phi) is 6.18. The highest BCUT2D eigenvalue weighted by Crippen LogP contribution is 2.35. The van der Waals surface area contributed by atoms with E-state index in [1.165, 1.54) is 25.3 Å². The van der Waals surface area contributed by atoms with Gasteiger partial charge in [-0.15, -0.1) is 0 Å². The molecule has 1 aromatic rings. The first-order valence-electron chi connectivity index (χ1n) is 11.1. The molecule has 1 aromatic carbocycles. The first-order valence-corrected chi connectivity index (χ1v) is 11.1. The van der Waals surface area contributed by atoms with Gasteiger partial charge in [0.1, 0.15) is 5.82 Å². The molecule has 4 rings (SSSR count). The molecule has 1 aliphatic heterocycles. The monoisotopic (exact) mass is 401 g/mol. The van der Waals surface area contributed by atoms with Crippen LogP contribution in [-0.4, -0.2) is 47.9 Å². The standard InChI is InChI=1S/C23H32FN3O2/c1-15-4-2-7-20(24)22(15)23(29)25-13-19-11-10-18(27(19)14-16-8-9-16)12-21(28)26-17-5-3-6-17/h2,4,7,16-19H,3,5-6,8-14H2,1H3,(H,25,29)(H,26,28)/t18-,19+/m1/s1. The highest BCUT2D eigenvalue weighted by Gasteiger charge is 2.38. The van der Waals surface area contributed by atoms with Crippen LogP contribution in [0, 0.1) is 18.7 Å². The van der Waals surface area contributed by atoms with E-state index in [0.717, 1.165) is 38.1 Å². The molecule has 2 atom stereocenters. The van der Waals surface area contributed by atoms with E-state index in [-0.39, 0.29) is 29.5 Å². The van der Waals surface area contributed by atoms with Gasteiger partial charge < -0.3 is 10.6 Å². The van der Waals surface area contributed by atoms with Crippen LogP contribution in [0.1, 0.15) is 67.3 Å². The first-order chi connectivity index (χ1) is 14.0. The maximum atomic E-state index is 14.1. The summed E-state index contributed by atoms with van der Waals surface area (Å²) in [5.41, 5.74) is 0.782. The Bertz CT molecular complexity index is 740. The van der Waals surface area contributed by atoms with Crippen LogP contribution in [0.5, 0.6) is 0 Å². The van der Waals surface area contributed by atoms with Crippen LogP contribution in [-0.2, 0) is 4.79 Å². The molecule has 1 heterocycles. The second-order valence-corrected chi connectivity index (χ2v) is 9.07. The van der Waals surface area contributed by atoms with Gasteiger partial charge in [-0.3, -0.25) is 14.5 Å². The van der Waals surface area contributed by atoms with Gasteiger partial charge in [-0.2, -0.15) is 0 Å². The molecular formula is C23H32FN3O2. The zero-order valence-electron chi connectivity index (χ0n) is 17.3. The molecule has 5 nitrogen and oxygen atoms in total. The van der Waals surface area contributed by atoms with Crippen LogP contribution in [0.4, 0.5) is 4.39 Å². The molecule has 2 saturated carbocycles. The van der Waals surface area contributed by atoms with Crippen molar-refractivity contribution >= 4 is 11.8 Å². The zero-order chi connectivity index (χ0) is 20.4. The highest BCUT2D eigenvalue weighted by atomic mass is 19.1. The lowest BCUT2D eigenvalue weighted by atomic mass is 9.93. The van der Waals surface area contributed by atoms with Crippen molar-refractivity contribution in [2.45, 2.75) is 76.4 Å². The molecule has 0 bridgehead atoms. The smallest absolute Gasteiger partial charge is 0.254 e. The van der Waals surface area contributed by atoms with Crippen LogP contribution in [0.3, 0.4) is 0 Å². The molecule has 0 radical (unpaired) electrons. The van der Waals surface area contributed by atoms with Gasteiger partial charge >= 0.3 is 0 Å². The average molecular weight is 402 g/mol. The number of nitrogens with one attached hydrogen (secondary N) is 2. The molecule has 0 unspecified atom stereocenters. The summed E-state index contributed by atoms with van der Waals surface area (Å²) in [7, 11) is 0. The SMILES string of the molecule is Cc1cccc(F)c1C(=O)NC[C@@H]1CC[C@H](CC(=O)NC2CCC2)N1CC1CC1. The molecule has 158 valence electrons. The quantitative estimate of drug-likeness (QED) is 0.703. The van der Waals surface area contributed by atoms with E-state index in [9.17, 15) is 14.0 Å². The van der Waals surface area contributed by atoms with Crippen LogP contribution < -0.4 is 10.6 Å². The summed E-state index contributed by atoms with van der Waals surface area (Å²) in [6.45, 7) is 3.25. The zero-order valence-corrected chi connectivity index (χ0v) is 17.3. The Labute approximate surface area is 172 Å². The van der Waals surface area contributed by atoms with E-state index < -0.39 is 5.82 Å². The predicted molar refractivity (Wildman–Crippen MR) is 110 cm³/mol. The number of likely N-dealkylation sites (tertiary alicyclic amines) is 1. The molecule has 2 amide bonds. The lowest BCUT2D eigenvalue weighted by Crippen LogP contribution is -2.47. The molecule has 29 heavy (non-hydrogen) atoms. The molecule has 3 fully saturated rings. The largest absolute Gasteiger partial charge is 0.353 e. The highest BCUT2D eigenvalue weighted by molar-refractivity contribution is 5.95. The second kappa shape index (κ2) is 8.82. The minimum absolute atomic E-state index is 0.135. The number of amides is 2.